The van der Waals surface area contributed by atoms with Gasteiger partial charge < -0.3 is 10.6 Å². The molecule has 0 saturated heterocycles. The van der Waals surface area contributed by atoms with Gasteiger partial charge in [-0.3, -0.25) is 4.79 Å². The summed E-state index contributed by atoms with van der Waals surface area (Å²) in [5, 5.41) is 6.28. The van der Waals surface area contributed by atoms with Crippen molar-refractivity contribution in [1.29, 1.82) is 0 Å². The predicted molar refractivity (Wildman–Crippen MR) is 89.8 cm³/mol. The molecule has 0 unspecified atom stereocenters. The molecule has 1 aromatic rings. The van der Waals surface area contributed by atoms with Gasteiger partial charge in [0, 0.05) is 30.2 Å². The number of benzene rings is 1. The van der Waals surface area contributed by atoms with Gasteiger partial charge in [0.2, 0.25) is 5.91 Å². The lowest BCUT2D eigenvalue weighted by Crippen LogP contribution is -2.29. The zero-order valence-corrected chi connectivity index (χ0v) is 13.7. The molecule has 1 aliphatic heterocycles. The molecule has 114 valence electrons. The molecule has 21 heavy (non-hydrogen) atoms. The number of rotatable bonds is 6. The lowest BCUT2D eigenvalue weighted by Gasteiger charge is -2.14. The summed E-state index contributed by atoms with van der Waals surface area (Å²) in [4.78, 5) is 13.1. The van der Waals surface area contributed by atoms with E-state index in [4.69, 9.17) is 0 Å². The zero-order valence-electron chi connectivity index (χ0n) is 12.9. The Hall–Kier alpha value is -1.26. The predicted octanol–water partition coefficient (Wildman–Crippen LogP) is 2.82. The number of amides is 1. The number of hydrogen-bond donors (Lipinski definition) is 2. The summed E-state index contributed by atoms with van der Waals surface area (Å²) >= 11 is 1.75. The summed E-state index contributed by atoms with van der Waals surface area (Å²) in [6, 6.07) is 6.46. The summed E-state index contributed by atoms with van der Waals surface area (Å²) in [7, 11) is 0. The Labute approximate surface area is 131 Å². The van der Waals surface area contributed by atoms with Gasteiger partial charge in [-0.05, 0) is 50.1 Å². The number of carbonyl (C=O) groups excluding carboxylic acids is 1. The number of carbonyl (C=O) groups is 1. The van der Waals surface area contributed by atoms with E-state index in [0.29, 0.717) is 13.0 Å². The van der Waals surface area contributed by atoms with E-state index in [1.54, 1.807) is 11.8 Å². The maximum Gasteiger partial charge on any atom is 0.221 e. The molecule has 2 N–H and O–H groups in total. The van der Waals surface area contributed by atoms with Crippen molar-refractivity contribution in [2.45, 2.75) is 31.6 Å². The van der Waals surface area contributed by atoms with Gasteiger partial charge in [-0.25, -0.2) is 0 Å². The molecule has 0 bridgehead atoms. The molecule has 0 saturated carbocycles. The number of thioether (sulfide) groups is 1. The number of aryl methyl sites for hydroxylation is 2. The van der Waals surface area contributed by atoms with E-state index < -0.39 is 0 Å². The highest BCUT2D eigenvalue weighted by Crippen LogP contribution is 2.21. The lowest BCUT2D eigenvalue weighted by molar-refractivity contribution is -0.120. The summed E-state index contributed by atoms with van der Waals surface area (Å²) < 4.78 is 0. The van der Waals surface area contributed by atoms with Gasteiger partial charge in [0.1, 0.15) is 0 Å². The van der Waals surface area contributed by atoms with Gasteiger partial charge in [0.25, 0.3) is 0 Å². The summed E-state index contributed by atoms with van der Waals surface area (Å²) in [5.74, 6) is 0.973. The Balaban J connectivity index is 1.66. The third-order valence-corrected chi connectivity index (χ3v) is 4.74. The molecular formula is C17H24N2OS. The molecule has 0 fully saturated rings. The third-order valence-electron chi connectivity index (χ3n) is 3.75. The number of hydrogen-bond acceptors (Lipinski definition) is 3. The van der Waals surface area contributed by atoms with E-state index in [2.05, 4.69) is 48.8 Å². The zero-order chi connectivity index (χ0) is 15.1. The molecule has 3 nitrogen and oxygen atoms in total. The van der Waals surface area contributed by atoms with E-state index in [0.717, 1.165) is 25.3 Å². The van der Waals surface area contributed by atoms with Gasteiger partial charge in [-0.1, -0.05) is 17.7 Å². The van der Waals surface area contributed by atoms with Crippen molar-refractivity contribution in [3.8, 4) is 0 Å². The van der Waals surface area contributed by atoms with Crippen LogP contribution in [0.2, 0.25) is 0 Å². The van der Waals surface area contributed by atoms with E-state index in [9.17, 15) is 4.79 Å². The first-order valence-electron chi connectivity index (χ1n) is 7.50. The smallest absolute Gasteiger partial charge is 0.221 e. The minimum absolute atomic E-state index is 0.144. The molecule has 0 atom stereocenters. The van der Waals surface area contributed by atoms with Gasteiger partial charge in [-0.15, -0.1) is 11.8 Å². The second-order valence-corrected chi connectivity index (χ2v) is 6.61. The van der Waals surface area contributed by atoms with Gasteiger partial charge >= 0.3 is 0 Å². The van der Waals surface area contributed by atoms with Crippen LogP contribution in [0, 0.1) is 13.8 Å². The van der Waals surface area contributed by atoms with Crippen LogP contribution >= 0.6 is 11.8 Å². The first-order chi connectivity index (χ1) is 10.1. The molecule has 0 aromatic heterocycles. The van der Waals surface area contributed by atoms with Crippen LogP contribution in [0.3, 0.4) is 0 Å². The first-order valence-corrected chi connectivity index (χ1v) is 8.49. The fraction of sp³-hybridized carbons (Fsp3) is 0.471. The summed E-state index contributed by atoms with van der Waals surface area (Å²) in [6.45, 7) is 6.89. The van der Waals surface area contributed by atoms with Crippen LogP contribution in [-0.4, -0.2) is 31.3 Å². The quantitative estimate of drug-likeness (QED) is 0.627. The van der Waals surface area contributed by atoms with Crippen LogP contribution in [0.15, 0.2) is 34.7 Å². The molecule has 1 amide bonds. The molecule has 0 aliphatic carbocycles. The third kappa shape index (κ3) is 5.56. The lowest BCUT2D eigenvalue weighted by atomic mass is 10.1. The van der Waals surface area contributed by atoms with E-state index >= 15 is 0 Å². The van der Waals surface area contributed by atoms with E-state index in [-0.39, 0.29) is 5.91 Å². The highest BCUT2D eigenvalue weighted by atomic mass is 32.2. The van der Waals surface area contributed by atoms with Gasteiger partial charge in [0.15, 0.2) is 0 Å². The van der Waals surface area contributed by atoms with Crippen molar-refractivity contribution in [2.24, 2.45) is 0 Å². The van der Waals surface area contributed by atoms with Crippen molar-refractivity contribution < 1.29 is 4.79 Å². The van der Waals surface area contributed by atoms with Crippen molar-refractivity contribution >= 4 is 17.7 Å². The molecule has 4 heteroatoms. The van der Waals surface area contributed by atoms with Crippen LogP contribution in [0.1, 0.15) is 24.0 Å². The maximum atomic E-state index is 11.8. The molecule has 2 rings (SSSR count). The second kappa shape index (κ2) is 8.25. The topological polar surface area (TPSA) is 41.1 Å². The Morgan fingerprint density at radius 1 is 1.33 bits per heavy atom. The van der Waals surface area contributed by atoms with Crippen molar-refractivity contribution in [1.82, 2.24) is 10.6 Å². The van der Waals surface area contributed by atoms with Gasteiger partial charge in [0.05, 0.1) is 0 Å². The Kier molecular flexibility index (Phi) is 6.33. The fourth-order valence-corrected chi connectivity index (χ4v) is 3.14. The van der Waals surface area contributed by atoms with Crippen molar-refractivity contribution in [2.75, 3.05) is 25.4 Å². The Bertz CT molecular complexity index is 526. The maximum absolute atomic E-state index is 11.8. The minimum Gasteiger partial charge on any atom is -0.352 e. The molecule has 0 radical (unpaired) electrons. The largest absolute Gasteiger partial charge is 0.352 e. The standard InChI is InChI=1S/C17H24N2OS/c1-13-3-4-16(11-14(13)2)21-10-7-17(20)19-12-15-5-8-18-9-6-15/h3-5,11,18H,6-10,12H2,1-2H3,(H,19,20). The normalized spacial score (nSPS) is 14.7. The van der Waals surface area contributed by atoms with Crippen molar-refractivity contribution in [3.05, 3.63) is 41.0 Å². The second-order valence-electron chi connectivity index (χ2n) is 5.44. The summed E-state index contributed by atoms with van der Waals surface area (Å²) in [5.41, 5.74) is 3.96. The van der Waals surface area contributed by atoms with E-state index in [1.165, 1.54) is 21.6 Å². The molecule has 1 heterocycles. The van der Waals surface area contributed by atoms with Crippen LogP contribution in [-0.2, 0) is 4.79 Å². The number of nitrogens with one attached hydrogen (secondary N) is 2. The van der Waals surface area contributed by atoms with Crippen molar-refractivity contribution in [3.63, 3.8) is 0 Å². The molecule has 1 aliphatic rings. The monoisotopic (exact) mass is 304 g/mol. The minimum atomic E-state index is 0.144. The molecular weight excluding hydrogens is 280 g/mol. The van der Waals surface area contributed by atoms with Crippen LogP contribution in [0.4, 0.5) is 0 Å². The van der Waals surface area contributed by atoms with Gasteiger partial charge in [-0.2, -0.15) is 0 Å². The highest BCUT2D eigenvalue weighted by Gasteiger charge is 2.06. The van der Waals surface area contributed by atoms with Crippen LogP contribution in [0.5, 0.6) is 0 Å². The molecule has 0 spiro atoms. The summed E-state index contributed by atoms with van der Waals surface area (Å²) in [6.07, 6.45) is 3.79. The fourth-order valence-electron chi connectivity index (χ4n) is 2.20. The molecule has 1 aromatic carbocycles. The van der Waals surface area contributed by atoms with Crippen LogP contribution < -0.4 is 10.6 Å². The van der Waals surface area contributed by atoms with E-state index in [1.807, 2.05) is 0 Å². The first kappa shape index (κ1) is 16.1. The Morgan fingerprint density at radius 2 is 2.19 bits per heavy atom. The van der Waals surface area contributed by atoms with Crippen LogP contribution in [0.25, 0.3) is 0 Å². The highest BCUT2D eigenvalue weighted by molar-refractivity contribution is 7.99. The SMILES string of the molecule is Cc1ccc(SCCC(=O)NCC2=CCNCC2)cc1C. The average Bonchev–Trinajstić information content (AvgIpc) is 2.50. The Morgan fingerprint density at radius 3 is 2.90 bits per heavy atom. The average molecular weight is 304 g/mol.